The van der Waals surface area contributed by atoms with Crippen molar-refractivity contribution in [1.82, 2.24) is 20.2 Å². The van der Waals surface area contributed by atoms with Gasteiger partial charge in [-0.25, -0.2) is 14.4 Å². The average Bonchev–Trinajstić information content (AvgIpc) is 3.39. The molecule has 10 heteroatoms. The minimum Gasteiger partial charge on any atom is -0.458 e. The Morgan fingerprint density at radius 1 is 1.18 bits per heavy atom. The standard InChI is InChI=1S/C24H18FN7O2/c25-15-6-7-17-16(8-15)22(33)19(13-4-2-1-3-5-13)18(34-17)11-28-24-20(23(27)29-12-30-24)21(26)14-9-31-32-10-14/h1-10,12,26H,11H2,(H,31,32)(H3,27,28,29,30). The van der Waals surface area contributed by atoms with Crippen LogP contribution in [0.2, 0.25) is 0 Å². The highest BCUT2D eigenvalue weighted by molar-refractivity contribution is 6.15. The van der Waals surface area contributed by atoms with Gasteiger partial charge in [0.05, 0.1) is 35.0 Å². The molecule has 3 heterocycles. The average molecular weight is 455 g/mol. The van der Waals surface area contributed by atoms with E-state index < -0.39 is 5.82 Å². The summed E-state index contributed by atoms with van der Waals surface area (Å²) < 4.78 is 19.9. The van der Waals surface area contributed by atoms with E-state index in [4.69, 9.17) is 15.6 Å². The molecule has 2 aromatic carbocycles. The number of rotatable bonds is 6. The van der Waals surface area contributed by atoms with Crippen LogP contribution in [-0.4, -0.2) is 25.9 Å². The van der Waals surface area contributed by atoms with E-state index in [2.05, 4.69) is 25.5 Å². The van der Waals surface area contributed by atoms with E-state index in [1.165, 1.54) is 30.7 Å². The molecular formula is C24H18FN7O2. The first kappa shape index (κ1) is 21.0. The molecule has 0 amide bonds. The number of nitrogens with zero attached hydrogens (tertiary/aromatic N) is 3. The number of aromatic nitrogens is 4. The molecule has 0 saturated carbocycles. The maximum absolute atomic E-state index is 13.8. The molecule has 0 saturated heterocycles. The van der Waals surface area contributed by atoms with Gasteiger partial charge in [-0.15, -0.1) is 0 Å². The molecule has 34 heavy (non-hydrogen) atoms. The Hall–Kier alpha value is -4.86. The first-order valence-corrected chi connectivity index (χ1v) is 10.3. The normalized spacial score (nSPS) is 11.0. The van der Waals surface area contributed by atoms with Crippen LogP contribution in [0.3, 0.4) is 0 Å². The van der Waals surface area contributed by atoms with E-state index in [1.54, 1.807) is 30.5 Å². The molecule has 5 N–H and O–H groups in total. The maximum atomic E-state index is 13.8. The van der Waals surface area contributed by atoms with Gasteiger partial charge in [0.15, 0.2) is 0 Å². The van der Waals surface area contributed by atoms with Gasteiger partial charge < -0.3 is 15.5 Å². The first-order chi connectivity index (χ1) is 16.5. The number of hydrogen-bond acceptors (Lipinski definition) is 8. The van der Waals surface area contributed by atoms with E-state index >= 15 is 0 Å². The zero-order valence-corrected chi connectivity index (χ0v) is 17.7. The summed E-state index contributed by atoms with van der Waals surface area (Å²) >= 11 is 0. The number of fused-ring (bicyclic) bond motifs is 1. The van der Waals surface area contributed by atoms with Crippen molar-refractivity contribution in [1.29, 1.82) is 5.41 Å². The number of halogens is 1. The second-order valence-electron chi connectivity index (χ2n) is 7.43. The molecular weight excluding hydrogens is 437 g/mol. The number of nitrogen functional groups attached to an aromatic ring is 1. The predicted octanol–water partition coefficient (Wildman–Crippen LogP) is 3.72. The SMILES string of the molecule is N=C(c1cn[nH]c1)c1c(N)ncnc1NCc1oc2ccc(F)cc2c(=O)c1-c1ccccc1. The van der Waals surface area contributed by atoms with Gasteiger partial charge in [0.2, 0.25) is 5.43 Å². The highest BCUT2D eigenvalue weighted by Crippen LogP contribution is 2.27. The second-order valence-corrected chi connectivity index (χ2v) is 7.43. The molecule has 9 nitrogen and oxygen atoms in total. The molecule has 0 aliphatic heterocycles. The Kier molecular flexibility index (Phi) is 5.30. The molecule has 0 spiro atoms. The van der Waals surface area contributed by atoms with Crippen LogP contribution in [0.4, 0.5) is 16.0 Å². The van der Waals surface area contributed by atoms with Crippen molar-refractivity contribution in [3.8, 4) is 11.1 Å². The summed E-state index contributed by atoms with van der Waals surface area (Å²) in [7, 11) is 0. The number of hydrogen-bond donors (Lipinski definition) is 4. The van der Waals surface area contributed by atoms with Crippen LogP contribution in [-0.2, 0) is 6.54 Å². The molecule has 0 aliphatic carbocycles. The lowest BCUT2D eigenvalue weighted by Gasteiger charge is -2.14. The number of H-pyrrole nitrogens is 1. The lowest BCUT2D eigenvalue weighted by Crippen LogP contribution is -2.16. The summed E-state index contributed by atoms with van der Waals surface area (Å²) in [6, 6.07) is 12.8. The Labute approximate surface area is 192 Å². The predicted molar refractivity (Wildman–Crippen MR) is 126 cm³/mol. The fourth-order valence-corrected chi connectivity index (χ4v) is 3.71. The lowest BCUT2D eigenvalue weighted by molar-refractivity contribution is 0.546. The summed E-state index contributed by atoms with van der Waals surface area (Å²) in [4.78, 5) is 21.6. The number of anilines is 2. The topological polar surface area (TPSA) is 147 Å². The molecule has 0 unspecified atom stereocenters. The van der Waals surface area contributed by atoms with Crippen molar-refractivity contribution in [2.75, 3.05) is 11.1 Å². The molecule has 0 aliphatic rings. The van der Waals surface area contributed by atoms with E-state index in [9.17, 15) is 9.18 Å². The van der Waals surface area contributed by atoms with Crippen molar-refractivity contribution in [3.63, 3.8) is 0 Å². The number of nitrogens with one attached hydrogen (secondary N) is 3. The Morgan fingerprint density at radius 2 is 2.00 bits per heavy atom. The Bertz CT molecular complexity index is 1560. The molecule has 168 valence electrons. The molecule has 5 aromatic rings. The van der Waals surface area contributed by atoms with Gasteiger partial charge in [0.25, 0.3) is 0 Å². The third-order valence-electron chi connectivity index (χ3n) is 5.32. The first-order valence-electron chi connectivity index (χ1n) is 10.3. The largest absolute Gasteiger partial charge is 0.458 e. The molecule has 3 aromatic heterocycles. The van der Waals surface area contributed by atoms with Crippen molar-refractivity contribution < 1.29 is 8.81 Å². The Morgan fingerprint density at radius 3 is 2.76 bits per heavy atom. The van der Waals surface area contributed by atoms with Crippen LogP contribution in [0, 0.1) is 11.2 Å². The van der Waals surface area contributed by atoms with Crippen LogP contribution in [0.5, 0.6) is 0 Å². The highest BCUT2D eigenvalue weighted by Gasteiger charge is 2.20. The van der Waals surface area contributed by atoms with Crippen molar-refractivity contribution in [2.45, 2.75) is 6.54 Å². The summed E-state index contributed by atoms with van der Waals surface area (Å²) in [5.41, 5.74) is 7.78. The third kappa shape index (κ3) is 3.77. The van der Waals surface area contributed by atoms with Gasteiger partial charge in [0, 0.05) is 11.8 Å². The highest BCUT2D eigenvalue weighted by atomic mass is 19.1. The van der Waals surface area contributed by atoms with Gasteiger partial charge in [-0.05, 0) is 23.8 Å². The van der Waals surface area contributed by atoms with Gasteiger partial charge in [-0.1, -0.05) is 30.3 Å². The van der Waals surface area contributed by atoms with Crippen LogP contribution >= 0.6 is 0 Å². The van der Waals surface area contributed by atoms with E-state index in [1.807, 2.05) is 6.07 Å². The van der Waals surface area contributed by atoms with Gasteiger partial charge >= 0.3 is 0 Å². The monoisotopic (exact) mass is 455 g/mol. The van der Waals surface area contributed by atoms with Gasteiger partial charge in [-0.2, -0.15) is 5.10 Å². The van der Waals surface area contributed by atoms with Crippen molar-refractivity contribution in [2.24, 2.45) is 0 Å². The number of aromatic amines is 1. The fraction of sp³-hybridized carbons (Fsp3) is 0.0417. The van der Waals surface area contributed by atoms with E-state index in [0.717, 1.165) is 0 Å². The molecule has 0 atom stereocenters. The molecule has 0 fully saturated rings. The van der Waals surface area contributed by atoms with Crippen molar-refractivity contribution >= 4 is 28.3 Å². The maximum Gasteiger partial charge on any atom is 0.200 e. The number of benzene rings is 2. The van der Waals surface area contributed by atoms with Crippen LogP contribution in [0.15, 0.2) is 76.5 Å². The number of nitrogens with two attached hydrogens (primary N) is 1. The molecule has 5 rings (SSSR count). The molecule has 0 bridgehead atoms. The summed E-state index contributed by atoms with van der Waals surface area (Å²) in [6.45, 7) is 0.0505. The minimum atomic E-state index is -0.524. The van der Waals surface area contributed by atoms with Crippen LogP contribution < -0.4 is 16.5 Å². The summed E-state index contributed by atoms with van der Waals surface area (Å²) in [6.07, 6.45) is 4.34. The van der Waals surface area contributed by atoms with E-state index in [0.29, 0.717) is 28.3 Å². The van der Waals surface area contributed by atoms with E-state index in [-0.39, 0.29) is 40.0 Å². The van der Waals surface area contributed by atoms with Crippen LogP contribution in [0.1, 0.15) is 16.9 Å². The lowest BCUT2D eigenvalue weighted by atomic mass is 10.0. The van der Waals surface area contributed by atoms with Gasteiger partial charge in [-0.3, -0.25) is 15.3 Å². The quantitative estimate of drug-likeness (QED) is 0.285. The Balaban J connectivity index is 1.60. The van der Waals surface area contributed by atoms with Gasteiger partial charge in [0.1, 0.15) is 35.1 Å². The smallest absolute Gasteiger partial charge is 0.200 e. The van der Waals surface area contributed by atoms with Crippen LogP contribution in [0.25, 0.3) is 22.1 Å². The third-order valence-corrected chi connectivity index (χ3v) is 5.32. The summed E-state index contributed by atoms with van der Waals surface area (Å²) in [5, 5.41) is 18.3. The fourth-order valence-electron chi connectivity index (χ4n) is 3.71. The zero-order chi connectivity index (χ0) is 23.7. The summed E-state index contributed by atoms with van der Waals surface area (Å²) in [5.74, 6) is 0.207. The zero-order valence-electron chi connectivity index (χ0n) is 17.7. The molecule has 0 radical (unpaired) electrons. The second kappa shape index (κ2) is 8.58. The van der Waals surface area contributed by atoms with Crippen molar-refractivity contribution in [3.05, 3.63) is 100 Å². The minimum absolute atomic E-state index is 0.0505.